The molecule has 1 atom stereocenters. The van der Waals surface area contributed by atoms with Gasteiger partial charge in [-0.2, -0.15) is 0 Å². The highest BCUT2D eigenvalue weighted by molar-refractivity contribution is 7.73. The van der Waals surface area contributed by atoms with Gasteiger partial charge in [0.15, 0.2) is 3.95 Å². The second-order valence-corrected chi connectivity index (χ2v) is 8.57. The van der Waals surface area contributed by atoms with Gasteiger partial charge in [-0.3, -0.25) is 9.88 Å². The zero-order chi connectivity index (χ0) is 16.4. The molecular formula is C16H23N5S2. The second kappa shape index (κ2) is 6.67. The van der Waals surface area contributed by atoms with E-state index in [4.69, 9.17) is 12.2 Å². The normalized spacial score (nSPS) is 19.2. The predicted octanol–water partition coefficient (Wildman–Crippen LogP) is 4.07. The summed E-state index contributed by atoms with van der Waals surface area (Å²) in [7, 11) is 0. The molecule has 3 heterocycles. The lowest BCUT2D eigenvalue weighted by atomic mass is 10.1. The van der Waals surface area contributed by atoms with Crippen molar-refractivity contribution in [1.82, 2.24) is 19.7 Å². The monoisotopic (exact) mass is 349 g/mol. The number of anilines is 1. The summed E-state index contributed by atoms with van der Waals surface area (Å²) in [5.41, 5.74) is 1.27. The average Bonchev–Trinajstić information content (AvgIpc) is 3.06. The van der Waals surface area contributed by atoms with Crippen molar-refractivity contribution in [2.45, 2.75) is 51.9 Å². The Labute approximate surface area is 146 Å². The topological polar surface area (TPSA) is 46.0 Å². The Bertz CT molecular complexity index is 701. The quantitative estimate of drug-likeness (QED) is 0.843. The molecule has 0 spiro atoms. The number of nitrogens with one attached hydrogen (secondary N) is 1. The van der Waals surface area contributed by atoms with Crippen molar-refractivity contribution in [3.8, 4) is 0 Å². The van der Waals surface area contributed by atoms with Crippen LogP contribution in [0.15, 0.2) is 24.5 Å². The third kappa shape index (κ3) is 4.16. The molecule has 0 aliphatic carbocycles. The lowest BCUT2D eigenvalue weighted by molar-refractivity contribution is 0.190. The highest BCUT2D eigenvalue weighted by atomic mass is 32.1. The molecule has 7 heteroatoms. The van der Waals surface area contributed by atoms with E-state index in [1.807, 2.05) is 23.1 Å². The summed E-state index contributed by atoms with van der Waals surface area (Å²) in [6.07, 6.45) is 6.15. The molecule has 3 rings (SSSR count). The predicted molar refractivity (Wildman–Crippen MR) is 97.2 cm³/mol. The first-order valence-corrected chi connectivity index (χ1v) is 9.15. The highest BCUT2D eigenvalue weighted by Gasteiger charge is 2.27. The number of likely N-dealkylation sites (tertiary alicyclic amines) is 1. The molecule has 1 N–H and O–H groups in total. The van der Waals surface area contributed by atoms with E-state index in [-0.39, 0.29) is 5.54 Å². The summed E-state index contributed by atoms with van der Waals surface area (Å²) < 4.78 is 2.75. The van der Waals surface area contributed by atoms with Crippen LogP contribution < -0.4 is 5.32 Å². The molecule has 1 saturated heterocycles. The molecule has 1 aliphatic heterocycles. The first-order chi connectivity index (χ1) is 10.9. The maximum Gasteiger partial charge on any atom is 0.205 e. The summed E-state index contributed by atoms with van der Waals surface area (Å²) in [6.45, 7) is 8.18. The van der Waals surface area contributed by atoms with Crippen LogP contribution in [0.4, 0.5) is 5.13 Å². The fraction of sp³-hybridized carbons (Fsp3) is 0.562. The summed E-state index contributed by atoms with van der Waals surface area (Å²) >= 11 is 7.03. The summed E-state index contributed by atoms with van der Waals surface area (Å²) in [5, 5.41) is 8.94. The minimum absolute atomic E-state index is 0.0106. The van der Waals surface area contributed by atoms with Gasteiger partial charge in [-0.1, -0.05) is 17.4 Å². The number of pyridine rings is 1. The van der Waals surface area contributed by atoms with Gasteiger partial charge in [0.05, 0.1) is 6.67 Å². The van der Waals surface area contributed by atoms with Gasteiger partial charge in [-0.15, -0.1) is 5.10 Å². The van der Waals surface area contributed by atoms with Gasteiger partial charge >= 0.3 is 0 Å². The number of hydrogen-bond acceptors (Lipinski definition) is 6. The molecule has 2 aromatic heterocycles. The number of aromatic nitrogens is 3. The van der Waals surface area contributed by atoms with Crippen LogP contribution in [0.2, 0.25) is 0 Å². The van der Waals surface area contributed by atoms with Gasteiger partial charge in [0, 0.05) is 30.5 Å². The Kier molecular flexibility index (Phi) is 4.79. The summed E-state index contributed by atoms with van der Waals surface area (Å²) in [5.74, 6) is 0. The zero-order valence-corrected chi connectivity index (χ0v) is 15.5. The fourth-order valence-electron chi connectivity index (χ4n) is 2.88. The molecule has 124 valence electrons. The minimum Gasteiger partial charge on any atom is -0.356 e. The van der Waals surface area contributed by atoms with E-state index < -0.39 is 0 Å². The molecule has 0 aromatic carbocycles. The van der Waals surface area contributed by atoms with Gasteiger partial charge in [-0.05, 0) is 57.5 Å². The van der Waals surface area contributed by atoms with Crippen molar-refractivity contribution in [2.75, 3.05) is 11.9 Å². The molecule has 1 aliphatic rings. The van der Waals surface area contributed by atoms with Crippen molar-refractivity contribution < 1.29 is 0 Å². The Morgan fingerprint density at radius 3 is 2.96 bits per heavy atom. The molecule has 2 aromatic rings. The van der Waals surface area contributed by atoms with Gasteiger partial charge in [0.25, 0.3) is 0 Å². The third-order valence-electron chi connectivity index (χ3n) is 3.84. The fourth-order valence-corrected chi connectivity index (χ4v) is 4.09. The van der Waals surface area contributed by atoms with Crippen LogP contribution in [0.5, 0.6) is 0 Å². The van der Waals surface area contributed by atoms with Crippen LogP contribution in [0.1, 0.15) is 45.2 Å². The van der Waals surface area contributed by atoms with E-state index in [1.165, 1.54) is 23.3 Å². The maximum absolute atomic E-state index is 5.49. The van der Waals surface area contributed by atoms with Gasteiger partial charge in [0.2, 0.25) is 5.13 Å². The average molecular weight is 350 g/mol. The lowest BCUT2D eigenvalue weighted by Crippen LogP contribution is -2.28. The summed E-state index contributed by atoms with van der Waals surface area (Å²) in [4.78, 5) is 6.69. The van der Waals surface area contributed by atoms with E-state index in [9.17, 15) is 0 Å². The Balaban J connectivity index is 1.75. The molecule has 1 unspecified atom stereocenters. The van der Waals surface area contributed by atoms with Gasteiger partial charge in [0.1, 0.15) is 0 Å². The van der Waals surface area contributed by atoms with Crippen LogP contribution in [0.3, 0.4) is 0 Å². The van der Waals surface area contributed by atoms with E-state index >= 15 is 0 Å². The number of hydrogen-bond donors (Lipinski definition) is 1. The largest absolute Gasteiger partial charge is 0.356 e. The minimum atomic E-state index is -0.0106. The number of nitrogens with zero attached hydrogens (tertiary/aromatic N) is 4. The smallest absolute Gasteiger partial charge is 0.205 e. The Hall–Kier alpha value is -1.31. The van der Waals surface area contributed by atoms with Crippen molar-refractivity contribution in [3.05, 3.63) is 34.0 Å². The van der Waals surface area contributed by atoms with Crippen molar-refractivity contribution in [1.29, 1.82) is 0 Å². The van der Waals surface area contributed by atoms with E-state index in [1.54, 1.807) is 0 Å². The van der Waals surface area contributed by atoms with Crippen molar-refractivity contribution in [3.63, 3.8) is 0 Å². The van der Waals surface area contributed by atoms with Crippen LogP contribution in [0.25, 0.3) is 0 Å². The molecule has 1 fully saturated rings. The highest BCUT2D eigenvalue weighted by Crippen LogP contribution is 2.32. The van der Waals surface area contributed by atoms with Crippen LogP contribution in [-0.2, 0) is 6.67 Å². The van der Waals surface area contributed by atoms with Crippen LogP contribution >= 0.6 is 23.6 Å². The molecule has 0 radical (unpaired) electrons. The van der Waals surface area contributed by atoms with Gasteiger partial charge < -0.3 is 5.32 Å². The van der Waals surface area contributed by atoms with Crippen LogP contribution in [0, 0.1) is 3.95 Å². The van der Waals surface area contributed by atoms with Crippen molar-refractivity contribution >= 4 is 28.7 Å². The molecule has 0 bridgehead atoms. The standard InChI is InChI=1S/C16H23N5S2/c1-16(2,3)18-14-19-21(15(22)23-14)11-20-9-5-7-13(20)12-6-4-8-17-10-12/h4,6,8,10,13H,5,7,9,11H2,1-3H3,(H,18,19). The molecule has 0 amide bonds. The molecule has 5 nitrogen and oxygen atoms in total. The van der Waals surface area contributed by atoms with E-state index in [2.05, 4.69) is 47.1 Å². The van der Waals surface area contributed by atoms with Gasteiger partial charge in [-0.25, -0.2) is 4.68 Å². The third-order valence-corrected chi connectivity index (χ3v) is 5.06. The van der Waals surface area contributed by atoms with E-state index in [0.717, 1.165) is 28.7 Å². The SMILES string of the molecule is CC(C)(C)Nc1nn(CN2CCCC2c2cccnc2)c(=S)s1. The molecule has 0 saturated carbocycles. The number of rotatable bonds is 4. The Morgan fingerprint density at radius 1 is 1.43 bits per heavy atom. The first kappa shape index (κ1) is 16.5. The molecule has 23 heavy (non-hydrogen) atoms. The molecular weight excluding hydrogens is 326 g/mol. The van der Waals surface area contributed by atoms with Crippen LogP contribution in [-0.4, -0.2) is 31.7 Å². The second-order valence-electron chi connectivity index (χ2n) is 6.95. The van der Waals surface area contributed by atoms with E-state index in [0.29, 0.717) is 6.04 Å². The zero-order valence-electron chi connectivity index (χ0n) is 13.8. The first-order valence-electron chi connectivity index (χ1n) is 7.92. The maximum atomic E-state index is 5.49. The Morgan fingerprint density at radius 2 is 2.26 bits per heavy atom. The summed E-state index contributed by atoms with van der Waals surface area (Å²) in [6, 6.07) is 4.57. The lowest BCUT2D eigenvalue weighted by Gasteiger charge is -2.24. The van der Waals surface area contributed by atoms with Crippen molar-refractivity contribution in [2.24, 2.45) is 0 Å².